The Kier molecular flexibility index (Phi) is 3.01. The number of benzene rings is 1. The van der Waals surface area contributed by atoms with Crippen LogP contribution in [0.3, 0.4) is 0 Å². The lowest BCUT2D eigenvalue weighted by atomic mass is 10.2. The molecule has 0 radical (unpaired) electrons. The number of aromatic nitrogens is 4. The number of nitrogen functional groups attached to an aromatic ring is 1. The summed E-state index contributed by atoms with van der Waals surface area (Å²) < 4.78 is 15.3. The van der Waals surface area contributed by atoms with Crippen LogP contribution in [0.2, 0.25) is 0 Å². The molecule has 0 bridgehead atoms. The number of nitrogens with zero attached hydrogens (tertiary/aromatic N) is 3. The number of halogens is 2. The Morgan fingerprint density at radius 2 is 2.25 bits per heavy atom. The summed E-state index contributed by atoms with van der Waals surface area (Å²) in [5, 5.41) is 0. The zero-order chi connectivity index (χ0) is 14.3. The van der Waals surface area contributed by atoms with Gasteiger partial charge in [0.15, 0.2) is 11.2 Å². The van der Waals surface area contributed by atoms with Crippen LogP contribution in [-0.2, 0) is 6.54 Å². The topological polar surface area (TPSA) is 89.6 Å². The fourth-order valence-electron chi connectivity index (χ4n) is 1.92. The predicted molar refractivity (Wildman–Crippen MR) is 75.8 cm³/mol. The second kappa shape index (κ2) is 4.71. The zero-order valence-electron chi connectivity index (χ0n) is 10.1. The highest BCUT2D eigenvalue weighted by atomic mass is 79.9. The van der Waals surface area contributed by atoms with E-state index in [-0.39, 0.29) is 22.8 Å². The molecule has 0 atom stereocenters. The Labute approximate surface area is 120 Å². The molecule has 0 saturated carbocycles. The Bertz CT molecular complexity index is 857. The van der Waals surface area contributed by atoms with Crippen molar-refractivity contribution >= 4 is 33.0 Å². The van der Waals surface area contributed by atoms with E-state index in [1.54, 1.807) is 16.7 Å². The van der Waals surface area contributed by atoms with Crippen molar-refractivity contribution in [3.05, 3.63) is 50.7 Å². The summed E-state index contributed by atoms with van der Waals surface area (Å²) >= 11 is 3.13. The van der Waals surface area contributed by atoms with Crippen molar-refractivity contribution in [1.29, 1.82) is 0 Å². The molecule has 2 aromatic heterocycles. The molecule has 2 heterocycles. The van der Waals surface area contributed by atoms with Crippen LogP contribution in [0.4, 0.5) is 10.3 Å². The maximum atomic E-state index is 13.2. The maximum absolute atomic E-state index is 13.2. The van der Waals surface area contributed by atoms with Gasteiger partial charge in [0.1, 0.15) is 5.82 Å². The normalized spacial score (nSPS) is 11.1. The van der Waals surface area contributed by atoms with Crippen LogP contribution in [0, 0.1) is 5.82 Å². The van der Waals surface area contributed by atoms with Crippen molar-refractivity contribution in [2.45, 2.75) is 6.54 Å². The third-order valence-electron chi connectivity index (χ3n) is 2.83. The highest BCUT2D eigenvalue weighted by Gasteiger charge is 2.10. The largest absolute Gasteiger partial charge is 0.369 e. The van der Waals surface area contributed by atoms with Gasteiger partial charge < -0.3 is 10.3 Å². The number of anilines is 1. The fourth-order valence-corrected chi connectivity index (χ4v) is 2.35. The Balaban J connectivity index is 2.06. The van der Waals surface area contributed by atoms with Gasteiger partial charge in [-0.15, -0.1) is 0 Å². The molecule has 1 aromatic carbocycles. The number of fused-ring (bicyclic) bond motifs is 1. The third-order valence-corrected chi connectivity index (χ3v) is 3.44. The maximum Gasteiger partial charge on any atom is 0.280 e. The highest BCUT2D eigenvalue weighted by molar-refractivity contribution is 9.10. The Hall–Kier alpha value is -2.22. The molecule has 20 heavy (non-hydrogen) atoms. The minimum Gasteiger partial charge on any atom is -0.369 e. The Morgan fingerprint density at radius 1 is 1.45 bits per heavy atom. The smallest absolute Gasteiger partial charge is 0.280 e. The molecule has 0 aliphatic heterocycles. The van der Waals surface area contributed by atoms with Gasteiger partial charge in [0.25, 0.3) is 5.56 Å². The van der Waals surface area contributed by atoms with Gasteiger partial charge in [-0.2, -0.15) is 4.98 Å². The van der Waals surface area contributed by atoms with Crippen molar-refractivity contribution in [2.24, 2.45) is 0 Å². The van der Waals surface area contributed by atoms with Gasteiger partial charge in [0.05, 0.1) is 17.3 Å². The lowest BCUT2D eigenvalue weighted by molar-refractivity contribution is 0.619. The summed E-state index contributed by atoms with van der Waals surface area (Å²) in [4.78, 5) is 22.1. The Morgan fingerprint density at radius 3 is 3.00 bits per heavy atom. The number of nitrogens with one attached hydrogen (secondary N) is 1. The van der Waals surface area contributed by atoms with Gasteiger partial charge in [-0.3, -0.25) is 9.78 Å². The molecule has 6 nitrogen and oxygen atoms in total. The summed E-state index contributed by atoms with van der Waals surface area (Å²) in [6.07, 6.45) is 1.50. The van der Waals surface area contributed by atoms with Crippen molar-refractivity contribution in [3.63, 3.8) is 0 Å². The van der Waals surface area contributed by atoms with Gasteiger partial charge in [-0.05, 0) is 33.6 Å². The van der Waals surface area contributed by atoms with E-state index < -0.39 is 0 Å². The number of hydrogen-bond donors (Lipinski definition) is 2. The summed E-state index contributed by atoms with van der Waals surface area (Å²) in [5.41, 5.74) is 6.61. The first kappa shape index (κ1) is 12.8. The number of nitrogens with two attached hydrogens (primary N) is 1. The van der Waals surface area contributed by atoms with E-state index in [1.807, 2.05) is 0 Å². The summed E-state index contributed by atoms with van der Waals surface area (Å²) in [7, 11) is 0. The first-order valence-corrected chi connectivity index (χ1v) is 6.48. The van der Waals surface area contributed by atoms with E-state index in [2.05, 4.69) is 30.9 Å². The van der Waals surface area contributed by atoms with Crippen molar-refractivity contribution in [1.82, 2.24) is 19.5 Å². The van der Waals surface area contributed by atoms with Gasteiger partial charge in [0.2, 0.25) is 5.95 Å². The van der Waals surface area contributed by atoms with E-state index in [0.29, 0.717) is 16.7 Å². The van der Waals surface area contributed by atoms with E-state index in [0.717, 1.165) is 5.56 Å². The number of H-pyrrole nitrogens is 1. The molecule has 3 N–H and O–H groups in total. The molecular formula is C12H9BrFN5O. The van der Waals surface area contributed by atoms with Crippen LogP contribution in [-0.4, -0.2) is 19.5 Å². The zero-order valence-corrected chi connectivity index (χ0v) is 11.7. The van der Waals surface area contributed by atoms with E-state index in [1.165, 1.54) is 12.4 Å². The molecule has 0 saturated heterocycles. The van der Waals surface area contributed by atoms with E-state index in [4.69, 9.17) is 5.73 Å². The molecule has 0 amide bonds. The van der Waals surface area contributed by atoms with Gasteiger partial charge in [-0.1, -0.05) is 6.07 Å². The molecule has 0 aliphatic carbocycles. The number of rotatable bonds is 2. The summed E-state index contributed by atoms with van der Waals surface area (Å²) in [5.74, 6) is -0.299. The third kappa shape index (κ3) is 2.18. The van der Waals surface area contributed by atoms with E-state index in [9.17, 15) is 9.18 Å². The molecular weight excluding hydrogens is 329 g/mol. The first-order valence-electron chi connectivity index (χ1n) is 5.69. The summed E-state index contributed by atoms with van der Waals surface area (Å²) in [6.45, 7) is 0.408. The molecule has 0 spiro atoms. The molecule has 3 rings (SSSR count). The van der Waals surface area contributed by atoms with Crippen LogP contribution in [0.1, 0.15) is 5.56 Å². The van der Waals surface area contributed by atoms with Crippen molar-refractivity contribution < 1.29 is 4.39 Å². The summed E-state index contributed by atoms with van der Waals surface area (Å²) in [6, 6.07) is 4.69. The van der Waals surface area contributed by atoms with Crippen molar-refractivity contribution in [2.75, 3.05) is 5.73 Å². The average molecular weight is 338 g/mol. The van der Waals surface area contributed by atoms with Crippen LogP contribution in [0.15, 0.2) is 33.8 Å². The lowest BCUT2D eigenvalue weighted by Crippen LogP contribution is -2.12. The SMILES string of the molecule is Nc1nc2c(ncn2Cc2ccc(F)c(Br)c2)c(=O)[nH]1. The quantitative estimate of drug-likeness (QED) is 0.744. The van der Waals surface area contributed by atoms with Crippen LogP contribution < -0.4 is 11.3 Å². The van der Waals surface area contributed by atoms with Crippen molar-refractivity contribution in [3.8, 4) is 0 Å². The molecule has 0 unspecified atom stereocenters. The van der Waals surface area contributed by atoms with Crippen LogP contribution in [0.5, 0.6) is 0 Å². The van der Waals surface area contributed by atoms with E-state index >= 15 is 0 Å². The second-order valence-electron chi connectivity index (χ2n) is 4.24. The van der Waals surface area contributed by atoms with Crippen LogP contribution >= 0.6 is 15.9 Å². The number of aromatic amines is 1. The molecule has 3 aromatic rings. The average Bonchev–Trinajstić information content (AvgIpc) is 2.77. The number of imidazole rings is 1. The van der Waals surface area contributed by atoms with Gasteiger partial charge in [-0.25, -0.2) is 9.37 Å². The lowest BCUT2D eigenvalue weighted by Gasteiger charge is -2.05. The fraction of sp³-hybridized carbons (Fsp3) is 0.0833. The molecule has 0 aliphatic rings. The van der Waals surface area contributed by atoms with Gasteiger partial charge in [0, 0.05) is 0 Å². The second-order valence-corrected chi connectivity index (χ2v) is 5.10. The monoisotopic (exact) mass is 337 g/mol. The molecule has 8 heteroatoms. The highest BCUT2D eigenvalue weighted by Crippen LogP contribution is 2.18. The number of hydrogen-bond acceptors (Lipinski definition) is 4. The van der Waals surface area contributed by atoms with Crippen LogP contribution in [0.25, 0.3) is 11.2 Å². The minimum absolute atomic E-state index is 0.0320. The predicted octanol–water partition coefficient (Wildman–Crippen LogP) is 1.65. The molecule has 0 fully saturated rings. The molecule has 102 valence electrons. The standard InChI is InChI=1S/C12H9BrFN5O/c13-7-3-6(1-2-8(7)14)4-19-5-16-9-10(19)17-12(15)18-11(9)20/h1-3,5H,4H2,(H3,15,17,18,20). The minimum atomic E-state index is -0.383. The van der Waals surface area contributed by atoms with Gasteiger partial charge >= 0.3 is 0 Å². The first-order chi connectivity index (χ1) is 9.54.